The van der Waals surface area contributed by atoms with E-state index in [9.17, 15) is 9.18 Å². The summed E-state index contributed by atoms with van der Waals surface area (Å²) >= 11 is 0. The fourth-order valence-corrected chi connectivity index (χ4v) is 2.49. The molecule has 16 heavy (non-hydrogen) atoms. The average molecular weight is 222 g/mol. The molecule has 0 aliphatic heterocycles. The number of carbonyl (C=O) groups excluding carboxylic acids is 1. The second-order valence-electron chi connectivity index (χ2n) is 4.29. The van der Waals surface area contributed by atoms with E-state index < -0.39 is 11.6 Å². The van der Waals surface area contributed by atoms with Gasteiger partial charge in [0.05, 0.1) is 5.54 Å². The van der Waals surface area contributed by atoms with Crippen molar-refractivity contribution in [2.24, 2.45) is 5.73 Å². The maximum atomic E-state index is 13.2. The summed E-state index contributed by atoms with van der Waals surface area (Å²) in [5, 5.41) is 2.77. The number of nitrogens with one attached hydrogen (secondary N) is 1. The van der Waals surface area contributed by atoms with Crippen LogP contribution in [0.5, 0.6) is 0 Å². The van der Waals surface area contributed by atoms with E-state index >= 15 is 0 Å². The lowest BCUT2D eigenvalue weighted by atomic mass is 9.88. The van der Waals surface area contributed by atoms with Crippen LogP contribution in [0.4, 0.5) is 9.18 Å². The molecule has 0 unspecified atom stereocenters. The molecule has 0 atom stereocenters. The molecule has 3 nitrogen and oxygen atoms in total. The molecule has 1 aliphatic rings. The van der Waals surface area contributed by atoms with Crippen LogP contribution in [0.2, 0.25) is 0 Å². The molecule has 0 heterocycles. The summed E-state index contributed by atoms with van der Waals surface area (Å²) < 4.78 is 13.2. The second kappa shape index (κ2) is 4.12. The van der Waals surface area contributed by atoms with Crippen molar-refractivity contribution >= 4 is 6.03 Å². The van der Waals surface area contributed by atoms with E-state index in [1.807, 2.05) is 6.07 Å². The third-order valence-corrected chi connectivity index (χ3v) is 3.20. The van der Waals surface area contributed by atoms with Crippen molar-refractivity contribution in [3.8, 4) is 0 Å². The summed E-state index contributed by atoms with van der Waals surface area (Å²) in [5.41, 5.74) is 5.53. The van der Waals surface area contributed by atoms with Crippen LogP contribution in [-0.2, 0) is 5.54 Å². The average Bonchev–Trinajstić information content (AvgIpc) is 2.66. The summed E-state index contributed by atoms with van der Waals surface area (Å²) in [7, 11) is 0. The number of nitrogens with two attached hydrogens (primary N) is 1. The van der Waals surface area contributed by atoms with Crippen molar-refractivity contribution in [3.05, 3.63) is 35.6 Å². The summed E-state index contributed by atoms with van der Waals surface area (Å²) in [4.78, 5) is 11.0. The highest BCUT2D eigenvalue weighted by Gasteiger charge is 2.36. The fraction of sp³-hybridized carbons (Fsp3) is 0.417. The van der Waals surface area contributed by atoms with E-state index in [0.717, 1.165) is 31.2 Å². The molecule has 1 saturated carbocycles. The topological polar surface area (TPSA) is 55.1 Å². The Labute approximate surface area is 93.8 Å². The molecule has 0 saturated heterocycles. The zero-order valence-corrected chi connectivity index (χ0v) is 9.00. The Hall–Kier alpha value is -1.58. The van der Waals surface area contributed by atoms with Gasteiger partial charge in [-0.3, -0.25) is 0 Å². The molecule has 3 N–H and O–H groups in total. The van der Waals surface area contributed by atoms with Crippen molar-refractivity contribution in [3.63, 3.8) is 0 Å². The number of carbonyl (C=O) groups is 1. The van der Waals surface area contributed by atoms with Crippen LogP contribution in [-0.4, -0.2) is 6.03 Å². The predicted octanol–water partition coefficient (Wildman–Crippen LogP) is 2.26. The number of primary amides is 1. The minimum atomic E-state index is -0.550. The van der Waals surface area contributed by atoms with Crippen LogP contribution in [0.3, 0.4) is 0 Å². The first-order valence-electron chi connectivity index (χ1n) is 5.46. The van der Waals surface area contributed by atoms with Crippen molar-refractivity contribution in [2.45, 2.75) is 31.2 Å². The van der Waals surface area contributed by atoms with Gasteiger partial charge in [0.2, 0.25) is 0 Å². The summed E-state index contributed by atoms with van der Waals surface area (Å²) in [6.45, 7) is 0. The molecule has 4 heteroatoms. The van der Waals surface area contributed by atoms with Gasteiger partial charge >= 0.3 is 6.03 Å². The zero-order chi connectivity index (χ0) is 11.6. The first-order chi connectivity index (χ1) is 7.62. The Bertz CT molecular complexity index is 400. The lowest BCUT2D eigenvalue weighted by Gasteiger charge is -2.30. The van der Waals surface area contributed by atoms with Crippen LogP contribution in [0.15, 0.2) is 24.3 Å². The Morgan fingerprint density at radius 3 is 2.62 bits per heavy atom. The largest absolute Gasteiger partial charge is 0.352 e. The number of hydrogen-bond acceptors (Lipinski definition) is 1. The number of benzene rings is 1. The van der Waals surface area contributed by atoms with E-state index in [0.29, 0.717) is 0 Å². The predicted molar refractivity (Wildman–Crippen MR) is 59.3 cm³/mol. The van der Waals surface area contributed by atoms with Crippen LogP contribution in [0, 0.1) is 5.82 Å². The molecule has 0 bridgehead atoms. The molecule has 0 aromatic heterocycles. The Morgan fingerprint density at radius 2 is 2.06 bits per heavy atom. The highest BCUT2D eigenvalue weighted by Crippen LogP contribution is 2.38. The molecule has 86 valence electrons. The summed E-state index contributed by atoms with van der Waals surface area (Å²) in [6.07, 6.45) is 3.69. The number of halogens is 1. The maximum Gasteiger partial charge on any atom is 0.312 e. The molecule has 1 aromatic carbocycles. The monoisotopic (exact) mass is 222 g/mol. The van der Waals surface area contributed by atoms with E-state index in [1.165, 1.54) is 12.1 Å². The van der Waals surface area contributed by atoms with Crippen molar-refractivity contribution in [1.29, 1.82) is 0 Å². The van der Waals surface area contributed by atoms with Crippen LogP contribution < -0.4 is 11.1 Å². The quantitative estimate of drug-likeness (QED) is 0.792. The van der Waals surface area contributed by atoms with Gasteiger partial charge in [-0.15, -0.1) is 0 Å². The van der Waals surface area contributed by atoms with Gasteiger partial charge in [-0.2, -0.15) is 0 Å². The van der Waals surface area contributed by atoms with E-state index in [4.69, 9.17) is 5.73 Å². The molecular weight excluding hydrogens is 207 g/mol. The molecule has 2 amide bonds. The Morgan fingerprint density at radius 1 is 1.38 bits per heavy atom. The van der Waals surface area contributed by atoms with Crippen LogP contribution in [0.1, 0.15) is 31.2 Å². The standard InChI is InChI=1S/C12H15FN2O/c13-10-5-3-4-9(8-10)12(15-11(14)16)6-1-2-7-12/h3-5,8H,1-2,6-7H2,(H3,14,15,16). The number of hydrogen-bond donors (Lipinski definition) is 2. The van der Waals surface area contributed by atoms with Gasteiger partial charge in [-0.25, -0.2) is 9.18 Å². The van der Waals surface area contributed by atoms with Gasteiger partial charge in [-0.1, -0.05) is 25.0 Å². The van der Waals surface area contributed by atoms with Gasteiger partial charge in [-0.05, 0) is 30.5 Å². The third kappa shape index (κ3) is 2.01. The Balaban J connectivity index is 2.35. The van der Waals surface area contributed by atoms with E-state index in [-0.39, 0.29) is 5.82 Å². The van der Waals surface area contributed by atoms with Gasteiger partial charge in [0.1, 0.15) is 5.82 Å². The van der Waals surface area contributed by atoms with Crippen molar-refractivity contribution < 1.29 is 9.18 Å². The van der Waals surface area contributed by atoms with Crippen molar-refractivity contribution in [1.82, 2.24) is 5.32 Å². The SMILES string of the molecule is NC(=O)NC1(c2cccc(F)c2)CCCC1. The van der Waals surface area contributed by atoms with Crippen LogP contribution >= 0.6 is 0 Å². The number of rotatable bonds is 2. The molecule has 0 spiro atoms. The maximum absolute atomic E-state index is 13.2. The van der Waals surface area contributed by atoms with E-state index in [1.54, 1.807) is 6.07 Å². The minimum Gasteiger partial charge on any atom is -0.352 e. The lowest BCUT2D eigenvalue weighted by molar-refractivity contribution is 0.233. The smallest absolute Gasteiger partial charge is 0.312 e. The number of amides is 2. The number of urea groups is 1. The second-order valence-corrected chi connectivity index (χ2v) is 4.29. The Kier molecular flexibility index (Phi) is 2.81. The van der Waals surface area contributed by atoms with E-state index in [2.05, 4.69) is 5.32 Å². The highest BCUT2D eigenvalue weighted by atomic mass is 19.1. The highest BCUT2D eigenvalue weighted by molar-refractivity contribution is 5.73. The molecule has 1 fully saturated rings. The first-order valence-corrected chi connectivity index (χ1v) is 5.46. The summed E-state index contributed by atoms with van der Waals surface area (Å²) in [6, 6.07) is 5.82. The zero-order valence-electron chi connectivity index (χ0n) is 9.00. The molecule has 1 aliphatic carbocycles. The fourth-order valence-electron chi connectivity index (χ4n) is 2.49. The van der Waals surface area contributed by atoms with Crippen molar-refractivity contribution in [2.75, 3.05) is 0 Å². The van der Waals surface area contributed by atoms with Gasteiger partial charge < -0.3 is 11.1 Å². The molecule has 1 aromatic rings. The van der Waals surface area contributed by atoms with Gasteiger partial charge in [0.15, 0.2) is 0 Å². The first kappa shape index (κ1) is 10.9. The molecule has 2 rings (SSSR count). The molecule has 0 radical (unpaired) electrons. The normalized spacial score (nSPS) is 18.3. The van der Waals surface area contributed by atoms with Gasteiger partial charge in [0.25, 0.3) is 0 Å². The third-order valence-electron chi connectivity index (χ3n) is 3.20. The molecular formula is C12H15FN2O. The lowest BCUT2D eigenvalue weighted by Crippen LogP contribution is -2.46. The summed E-state index contributed by atoms with van der Waals surface area (Å²) in [5.74, 6) is -0.282. The van der Waals surface area contributed by atoms with Gasteiger partial charge in [0, 0.05) is 0 Å². The minimum absolute atomic E-state index is 0.282. The van der Waals surface area contributed by atoms with Crippen LogP contribution in [0.25, 0.3) is 0 Å².